The van der Waals surface area contributed by atoms with Gasteiger partial charge >= 0.3 is 0 Å². The summed E-state index contributed by atoms with van der Waals surface area (Å²) >= 11 is 1.48. The van der Waals surface area contributed by atoms with Crippen LogP contribution in [0.2, 0.25) is 0 Å². The molecule has 1 aliphatic heterocycles. The van der Waals surface area contributed by atoms with Crippen LogP contribution in [0.15, 0.2) is 24.3 Å². The van der Waals surface area contributed by atoms with Crippen molar-refractivity contribution in [2.75, 3.05) is 23.3 Å². The van der Waals surface area contributed by atoms with E-state index in [2.05, 4.69) is 37.6 Å². The lowest BCUT2D eigenvalue weighted by Gasteiger charge is -2.18. The molecule has 1 N–H and O–H groups in total. The Balaban J connectivity index is 1.36. The van der Waals surface area contributed by atoms with Gasteiger partial charge in [-0.15, -0.1) is 10.2 Å². The molecule has 0 spiro atoms. The zero-order valence-corrected chi connectivity index (χ0v) is 14.9. The van der Waals surface area contributed by atoms with Crippen molar-refractivity contribution >= 4 is 33.6 Å². The molecule has 3 heterocycles. The Morgan fingerprint density at radius 1 is 1.28 bits per heavy atom. The lowest BCUT2D eigenvalue weighted by molar-refractivity contribution is -0.116. The summed E-state index contributed by atoms with van der Waals surface area (Å²) in [5.74, 6) is 0.766. The first-order chi connectivity index (χ1) is 12.2. The van der Waals surface area contributed by atoms with E-state index in [1.54, 1.807) is 4.52 Å². The van der Waals surface area contributed by atoms with Crippen molar-refractivity contribution in [2.45, 2.75) is 32.6 Å². The number of hydrogen-bond acceptors (Lipinski definition) is 6. The summed E-state index contributed by atoms with van der Waals surface area (Å²) in [4.78, 5) is 15.4. The van der Waals surface area contributed by atoms with E-state index < -0.39 is 0 Å². The predicted molar refractivity (Wildman–Crippen MR) is 98.2 cm³/mol. The van der Waals surface area contributed by atoms with Crippen LogP contribution in [0.3, 0.4) is 0 Å². The van der Waals surface area contributed by atoms with Gasteiger partial charge in [0.05, 0.1) is 0 Å². The molecule has 0 atom stereocenters. The number of rotatable bonds is 5. The van der Waals surface area contributed by atoms with Crippen molar-refractivity contribution in [2.24, 2.45) is 0 Å². The van der Waals surface area contributed by atoms with Gasteiger partial charge < -0.3 is 10.2 Å². The van der Waals surface area contributed by atoms with Gasteiger partial charge in [0.2, 0.25) is 10.9 Å². The molecule has 0 bridgehead atoms. The Hall–Kier alpha value is -2.48. The number of benzene rings is 1. The van der Waals surface area contributed by atoms with Gasteiger partial charge in [-0.3, -0.25) is 4.79 Å². The zero-order chi connectivity index (χ0) is 17.2. The van der Waals surface area contributed by atoms with Crippen LogP contribution >= 0.6 is 11.3 Å². The molecule has 0 aliphatic carbocycles. The predicted octanol–water partition coefficient (Wildman–Crippen LogP) is 2.67. The van der Waals surface area contributed by atoms with E-state index in [1.165, 1.54) is 29.9 Å². The molecular formula is C17H20N6OS. The zero-order valence-electron chi connectivity index (χ0n) is 14.1. The fourth-order valence-electron chi connectivity index (χ4n) is 3.06. The van der Waals surface area contributed by atoms with Crippen LogP contribution in [0, 0.1) is 6.92 Å². The maximum Gasteiger partial charge on any atom is 0.234 e. The molecule has 25 heavy (non-hydrogen) atoms. The van der Waals surface area contributed by atoms with Crippen LogP contribution in [0.25, 0.3) is 4.96 Å². The molecule has 1 aliphatic rings. The quantitative estimate of drug-likeness (QED) is 0.761. The molecule has 1 saturated heterocycles. The molecule has 4 rings (SSSR count). The Bertz CT molecular complexity index is 896. The van der Waals surface area contributed by atoms with E-state index in [-0.39, 0.29) is 5.91 Å². The molecule has 0 radical (unpaired) electrons. The average molecular weight is 356 g/mol. The summed E-state index contributed by atoms with van der Waals surface area (Å²) < 4.78 is 1.72. The van der Waals surface area contributed by atoms with Crippen LogP contribution in [-0.4, -0.2) is 38.8 Å². The van der Waals surface area contributed by atoms with Crippen LogP contribution < -0.4 is 10.2 Å². The Kier molecular flexibility index (Phi) is 4.35. The number of nitrogens with zero attached hydrogens (tertiary/aromatic N) is 5. The molecular weight excluding hydrogens is 336 g/mol. The highest BCUT2D eigenvalue weighted by molar-refractivity contribution is 7.16. The number of amides is 1. The fourth-order valence-corrected chi connectivity index (χ4v) is 3.93. The van der Waals surface area contributed by atoms with E-state index >= 15 is 0 Å². The smallest absolute Gasteiger partial charge is 0.234 e. The molecule has 2 aromatic heterocycles. The molecule has 7 nitrogen and oxygen atoms in total. The number of nitrogens with one attached hydrogen (secondary N) is 1. The van der Waals surface area contributed by atoms with E-state index in [0.29, 0.717) is 12.8 Å². The SMILES string of the molecule is Cc1nnc2sc(CCC(=O)Nc3cccc(N4CCCC4)c3)nn12. The van der Waals surface area contributed by atoms with E-state index in [1.807, 2.05) is 19.1 Å². The highest BCUT2D eigenvalue weighted by atomic mass is 32.1. The van der Waals surface area contributed by atoms with Crippen molar-refractivity contribution in [3.8, 4) is 0 Å². The van der Waals surface area contributed by atoms with Crippen LogP contribution in [-0.2, 0) is 11.2 Å². The third-order valence-electron chi connectivity index (χ3n) is 4.36. The molecule has 130 valence electrons. The van der Waals surface area contributed by atoms with Gasteiger partial charge in [0.15, 0.2) is 5.82 Å². The van der Waals surface area contributed by atoms with Crippen LogP contribution in [0.5, 0.6) is 0 Å². The van der Waals surface area contributed by atoms with E-state index in [0.717, 1.165) is 34.6 Å². The van der Waals surface area contributed by atoms with Crippen molar-refractivity contribution in [1.29, 1.82) is 0 Å². The van der Waals surface area contributed by atoms with Gasteiger partial charge in [0, 0.05) is 37.3 Å². The summed E-state index contributed by atoms with van der Waals surface area (Å²) in [6.45, 7) is 4.05. The molecule has 3 aromatic rings. The van der Waals surface area contributed by atoms with Gasteiger partial charge in [-0.1, -0.05) is 17.4 Å². The maximum absolute atomic E-state index is 12.3. The second-order valence-electron chi connectivity index (χ2n) is 6.23. The summed E-state index contributed by atoms with van der Waals surface area (Å²) in [5.41, 5.74) is 2.03. The van der Waals surface area contributed by atoms with Crippen molar-refractivity contribution < 1.29 is 4.79 Å². The first kappa shape index (κ1) is 16.0. The second-order valence-corrected chi connectivity index (χ2v) is 7.27. The monoisotopic (exact) mass is 356 g/mol. The molecule has 0 saturated carbocycles. The normalized spacial score (nSPS) is 14.4. The molecule has 8 heteroatoms. The average Bonchev–Trinajstić information content (AvgIpc) is 3.33. The summed E-state index contributed by atoms with van der Waals surface area (Å²) in [6.07, 6.45) is 3.48. The van der Waals surface area contributed by atoms with Gasteiger partial charge in [0.1, 0.15) is 5.01 Å². The number of anilines is 2. The van der Waals surface area contributed by atoms with E-state index in [9.17, 15) is 4.79 Å². The van der Waals surface area contributed by atoms with E-state index in [4.69, 9.17) is 0 Å². The maximum atomic E-state index is 12.3. The lowest BCUT2D eigenvalue weighted by Crippen LogP contribution is -2.18. The third kappa shape index (κ3) is 3.48. The van der Waals surface area contributed by atoms with Gasteiger partial charge in [-0.05, 0) is 38.0 Å². The van der Waals surface area contributed by atoms with Crippen molar-refractivity contribution in [3.63, 3.8) is 0 Å². The van der Waals surface area contributed by atoms with Crippen molar-refractivity contribution in [1.82, 2.24) is 19.8 Å². The van der Waals surface area contributed by atoms with Gasteiger partial charge in [0.25, 0.3) is 0 Å². The van der Waals surface area contributed by atoms with Crippen molar-refractivity contribution in [3.05, 3.63) is 35.1 Å². The minimum Gasteiger partial charge on any atom is -0.371 e. The largest absolute Gasteiger partial charge is 0.371 e. The minimum absolute atomic E-state index is 0.00117. The first-order valence-electron chi connectivity index (χ1n) is 8.51. The Labute approximate surface area is 149 Å². The number of aryl methyl sites for hydroxylation is 2. The highest BCUT2D eigenvalue weighted by Crippen LogP contribution is 2.23. The first-order valence-corrected chi connectivity index (χ1v) is 9.33. The molecule has 1 fully saturated rings. The Morgan fingerprint density at radius 3 is 2.92 bits per heavy atom. The fraction of sp³-hybridized carbons (Fsp3) is 0.412. The standard InChI is InChI=1S/C17H20N6OS/c1-12-19-20-17-23(12)21-16(25-17)8-7-15(24)18-13-5-4-6-14(11-13)22-9-2-3-10-22/h4-6,11H,2-3,7-10H2,1H3,(H,18,24). The number of carbonyl (C=O) groups excluding carboxylic acids is 1. The third-order valence-corrected chi connectivity index (χ3v) is 5.31. The number of aromatic nitrogens is 4. The number of fused-ring (bicyclic) bond motifs is 1. The minimum atomic E-state index is 0.00117. The number of hydrogen-bond donors (Lipinski definition) is 1. The summed E-state index contributed by atoms with van der Waals surface area (Å²) in [7, 11) is 0. The second kappa shape index (κ2) is 6.79. The summed E-state index contributed by atoms with van der Waals surface area (Å²) in [6, 6.07) is 8.08. The van der Waals surface area contributed by atoms with Gasteiger partial charge in [-0.25, -0.2) is 0 Å². The molecule has 1 amide bonds. The number of carbonyl (C=O) groups is 1. The lowest BCUT2D eigenvalue weighted by atomic mass is 10.2. The highest BCUT2D eigenvalue weighted by Gasteiger charge is 2.14. The molecule has 0 unspecified atom stereocenters. The molecule has 1 aromatic carbocycles. The van der Waals surface area contributed by atoms with Crippen LogP contribution in [0.4, 0.5) is 11.4 Å². The Morgan fingerprint density at radius 2 is 2.12 bits per heavy atom. The van der Waals surface area contributed by atoms with Crippen LogP contribution in [0.1, 0.15) is 30.1 Å². The van der Waals surface area contributed by atoms with Gasteiger partial charge in [-0.2, -0.15) is 9.61 Å². The summed E-state index contributed by atoms with van der Waals surface area (Å²) in [5, 5.41) is 16.3. The topological polar surface area (TPSA) is 75.4 Å².